The maximum atomic E-state index is 4.35. The van der Waals surface area contributed by atoms with Gasteiger partial charge in [0.15, 0.2) is 0 Å². The van der Waals surface area contributed by atoms with Gasteiger partial charge >= 0.3 is 0 Å². The first-order chi connectivity index (χ1) is 5.83. The first kappa shape index (κ1) is 9.24. The minimum atomic E-state index is 1.02. The van der Waals surface area contributed by atoms with Crippen LogP contribution in [0.3, 0.4) is 0 Å². The van der Waals surface area contributed by atoms with Crippen molar-refractivity contribution in [1.82, 2.24) is 4.98 Å². The summed E-state index contributed by atoms with van der Waals surface area (Å²) in [5, 5.41) is 0. The van der Waals surface area contributed by atoms with E-state index in [0.29, 0.717) is 0 Å². The van der Waals surface area contributed by atoms with Crippen molar-refractivity contribution in [1.29, 1.82) is 0 Å². The minimum Gasteiger partial charge on any atom is -0.261 e. The smallest absolute Gasteiger partial charge is 0.0438 e. The van der Waals surface area contributed by atoms with Crippen LogP contribution in [0.1, 0.15) is 37.6 Å². The first-order valence-corrected chi connectivity index (χ1v) is 4.59. The van der Waals surface area contributed by atoms with E-state index in [0.717, 1.165) is 12.8 Å². The van der Waals surface area contributed by atoms with Crippen LogP contribution in [-0.4, -0.2) is 4.98 Å². The SMILES string of the molecule is C[CH]c1c(CC)ccnc1CC. The molecule has 0 aliphatic rings. The Bertz CT molecular complexity index is 231. The predicted molar refractivity (Wildman–Crippen MR) is 52.1 cm³/mol. The van der Waals surface area contributed by atoms with Crippen molar-refractivity contribution in [2.75, 3.05) is 0 Å². The van der Waals surface area contributed by atoms with Gasteiger partial charge in [0.05, 0.1) is 0 Å². The van der Waals surface area contributed by atoms with Crippen LogP contribution in [0.4, 0.5) is 0 Å². The van der Waals surface area contributed by atoms with E-state index in [9.17, 15) is 0 Å². The molecule has 0 saturated heterocycles. The fraction of sp³-hybridized carbons (Fsp3) is 0.455. The Labute approximate surface area is 74.8 Å². The Kier molecular flexibility index (Phi) is 3.27. The van der Waals surface area contributed by atoms with Crippen molar-refractivity contribution >= 4 is 0 Å². The summed E-state index contributed by atoms with van der Waals surface area (Å²) in [5.41, 5.74) is 3.96. The molecule has 12 heavy (non-hydrogen) atoms. The Morgan fingerprint density at radius 2 is 2.08 bits per heavy atom. The summed E-state index contributed by atoms with van der Waals surface area (Å²) in [6.07, 6.45) is 6.18. The van der Waals surface area contributed by atoms with E-state index in [1.165, 1.54) is 16.8 Å². The number of rotatable bonds is 3. The van der Waals surface area contributed by atoms with E-state index in [4.69, 9.17) is 0 Å². The third-order valence-electron chi connectivity index (χ3n) is 2.17. The van der Waals surface area contributed by atoms with Crippen molar-refractivity contribution in [2.24, 2.45) is 0 Å². The molecule has 1 heteroatoms. The van der Waals surface area contributed by atoms with Gasteiger partial charge in [0.2, 0.25) is 0 Å². The summed E-state index contributed by atoms with van der Waals surface area (Å²) >= 11 is 0. The Hall–Kier alpha value is -0.850. The summed E-state index contributed by atoms with van der Waals surface area (Å²) in [7, 11) is 0. The molecule has 0 atom stereocenters. The van der Waals surface area contributed by atoms with Crippen LogP contribution in [0, 0.1) is 6.42 Å². The molecule has 0 aromatic carbocycles. The first-order valence-electron chi connectivity index (χ1n) is 4.59. The lowest BCUT2D eigenvalue weighted by Crippen LogP contribution is -1.98. The van der Waals surface area contributed by atoms with E-state index in [1.54, 1.807) is 0 Å². The molecule has 0 spiro atoms. The van der Waals surface area contributed by atoms with Crippen LogP contribution in [0.25, 0.3) is 0 Å². The average Bonchev–Trinajstić information content (AvgIpc) is 2.16. The van der Waals surface area contributed by atoms with Gasteiger partial charge < -0.3 is 0 Å². The molecule has 65 valence electrons. The highest BCUT2D eigenvalue weighted by molar-refractivity contribution is 5.35. The molecule has 1 nitrogen and oxygen atoms in total. The van der Waals surface area contributed by atoms with E-state index in [1.807, 2.05) is 6.20 Å². The van der Waals surface area contributed by atoms with Crippen LogP contribution in [0.2, 0.25) is 0 Å². The summed E-state index contributed by atoms with van der Waals surface area (Å²) in [5.74, 6) is 0. The Balaban J connectivity index is 3.13. The molecule has 0 bridgehead atoms. The molecule has 0 saturated carbocycles. The molecule has 0 aliphatic carbocycles. The average molecular weight is 162 g/mol. The van der Waals surface area contributed by atoms with Gasteiger partial charge in [-0.25, -0.2) is 0 Å². The van der Waals surface area contributed by atoms with E-state index < -0.39 is 0 Å². The molecule has 1 heterocycles. The predicted octanol–water partition coefficient (Wildman–Crippen LogP) is 2.78. The van der Waals surface area contributed by atoms with Crippen molar-refractivity contribution in [3.63, 3.8) is 0 Å². The zero-order chi connectivity index (χ0) is 8.97. The van der Waals surface area contributed by atoms with Gasteiger partial charge in [-0.15, -0.1) is 0 Å². The molecule has 0 N–H and O–H groups in total. The fourth-order valence-corrected chi connectivity index (χ4v) is 1.50. The van der Waals surface area contributed by atoms with Gasteiger partial charge in [0.25, 0.3) is 0 Å². The number of pyridine rings is 1. The van der Waals surface area contributed by atoms with E-state index >= 15 is 0 Å². The summed E-state index contributed by atoms with van der Waals surface area (Å²) in [6.45, 7) is 6.41. The molecule has 1 radical (unpaired) electrons. The van der Waals surface area contributed by atoms with Crippen LogP contribution < -0.4 is 0 Å². The molecule has 0 fully saturated rings. The highest BCUT2D eigenvalue weighted by atomic mass is 14.7. The van der Waals surface area contributed by atoms with Crippen molar-refractivity contribution in [2.45, 2.75) is 33.6 Å². The molecule has 0 aliphatic heterocycles. The van der Waals surface area contributed by atoms with Crippen LogP contribution in [0.15, 0.2) is 12.3 Å². The largest absolute Gasteiger partial charge is 0.261 e. The van der Waals surface area contributed by atoms with Crippen LogP contribution in [-0.2, 0) is 12.8 Å². The highest BCUT2D eigenvalue weighted by Gasteiger charge is 2.04. The fourth-order valence-electron chi connectivity index (χ4n) is 1.50. The Morgan fingerprint density at radius 3 is 2.58 bits per heavy atom. The van der Waals surface area contributed by atoms with Gasteiger partial charge in [-0.05, 0) is 36.5 Å². The van der Waals surface area contributed by atoms with Gasteiger partial charge in [-0.2, -0.15) is 0 Å². The Morgan fingerprint density at radius 1 is 1.33 bits per heavy atom. The van der Waals surface area contributed by atoms with Crippen molar-refractivity contribution < 1.29 is 0 Å². The molecular weight excluding hydrogens is 146 g/mol. The molecule has 1 aromatic rings. The third kappa shape index (κ3) is 1.66. The number of hydrogen-bond donors (Lipinski definition) is 0. The second-order valence-electron chi connectivity index (χ2n) is 2.83. The van der Waals surface area contributed by atoms with Gasteiger partial charge in [0.1, 0.15) is 0 Å². The maximum absolute atomic E-state index is 4.35. The quantitative estimate of drug-likeness (QED) is 0.666. The number of aromatic nitrogens is 1. The van der Waals surface area contributed by atoms with Crippen molar-refractivity contribution in [3.8, 4) is 0 Å². The number of hydrogen-bond acceptors (Lipinski definition) is 1. The van der Waals surface area contributed by atoms with E-state index in [-0.39, 0.29) is 0 Å². The molecule has 0 amide bonds. The number of aryl methyl sites for hydroxylation is 2. The standard InChI is InChI=1S/C11H16N/c1-4-9-7-8-12-11(6-3)10(9)5-2/h5,7-8H,4,6H2,1-3H3. The zero-order valence-electron chi connectivity index (χ0n) is 8.09. The lowest BCUT2D eigenvalue weighted by atomic mass is 10.0. The summed E-state index contributed by atoms with van der Waals surface area (Å²) < 4.78 is 0. The second kappa shape index (κ2) is 4.24. The summed E-state index contributed by atoms with van der Waals surface area (Å²) in [6, 6.07) is 2.11. The molecular formula is C11H16N. The number of nitrogens with zero attached hydrogens (tertiary/aromatic N) is 1. The maximum Gasteiger partial charge on any atom is 0.0438 e. The normalized spacial score (nSPS) is 10.2. The molecule has 1 aromatic heterocycles. The third-order valence-corrected chi connectivity index (χ3v) is 2.17. The lowest BCUT2D eigenvalue weighted by molar-refractivity contribution is 0.976. The van der Waals surface area contributed by atoms with Gasteiger partial charge in [-0.1, -0.05) is 20.8 Å². The highest BCUT2D eigenvalue weighted by Crippen LogP contribution is 2.15. The molecule has 1 rings (SSSR count). The second-order valence-corrected chi connectivity index (χ2v) is 2.83. The lowest BCUT2D eigenvalue weighted by Gasteiger charge is -2.08. The zero-order valence-corrected chi connectivity index (χ0v) is 8.09. The van der Waals surface area contributed by atoms with Gasteiger partial charge in [0, 0.05) is 11.9 Å². The summed E-state index contributed by atoms with van der Waals surface area (Å²) in [4.78, 5) is 4.35. The monoisotopic (exact) mass is 162 g/mol. The van der Waals surface area contributed by atoms with Crippen molar-refractivity contribution in [3.05, 3.63) is 35.5 Å². The van der Waals surface area contributed by atoms with Crippen LogP contribution >= 0.6 is 0 Å². The molecule has 0 unspecified atom stereocenters. The minimum absolute atomic E-state index is 1.02. The van der Waals surface area contributed by atoms with Crippen LogP contribution in [0.5, 0.6) is 0 Å². The van der Waals surface area contributed by atoms with E-state index in [2.05, 4.69) is 38.2 Å². The topological polar surface area (TPSA) is 12.9 Å². The van der Waals surface area contributed by atoms with Gasteiger partial charge in [-0.3, -0.25) is 4.98 Å².